The molecule has 3 nitrogen and oxygen atoms in total. The molecule has 1 aromatic rings. The molecule has 0 saturated heterocycles. The molecular formula is C17H29N3. The van der Waals surface area contributed by atoms with Gasteiger partial charge in [0, 0.05) is 30.9 Å². The largest absolute Gasteiger partial charge is 0.312 e. The van der Waals surface area contributed by atoms with E-state index in [4.69, 9.17) is 0 Å². The average molecular weight is 275 g/mol. The van der Waals surface area contributed by atoms with E-state index < -0.39 is 0 Å². The standard InChI is InChI=1S/C17H29N3/c1-5-20(12-16-8-6-7-14(4)19-16)17(13(2)3)11-18-15-9-10-15/h6-8,13,15,17-18H,5,9-12H2,1-4H3. The van der Waals surface area contributed by atoms with E-state index in [1.54, 1.807) is 0 Å². The Morgan fingerprint density at radius 2 is 2.10 bits per heavy atom. The molecule has 1 aromatic heterocycles. The molecule has 2 rings (SSSR count). The molecule has 0 aromatic carbocycles. The second-order valence-electron chi connectivity index (χ2n) is 6.33. The number of pyridine rings is 1. The van der Waals surface area contributed by atoms with E-state index in [0.29, 0.717) is 12.0 Å². The summed E-state index contributed by atoms with van der Waals surface area (Å²) in [6.07, 6.45) is 2.72. The molecule has 0 spiro atoms. The van der Waals surface area contributed by atoms with E-state index in [9.17, 15) is 0 Å². The molecular weight excluding hydrogens is 246 g/mol. The second kappa shape index (κ2) is 7.19. The Kier molecular flexibility index (Phi) is 5.55. The summed E-state index contributed by atoms with van der Waals surface area (Å²) in [5.41, 5.74) is 2.29. The first kappa shape index (κ1) is 15.5. The minimum Gasteiger partial charge on any atom is -0.312 e. The molecule has 20 heavy (non-hydrogen) atoms. The molecule has 0 aliphatic heterocycles. The third-order valence-electron chi connectivity index (χ3n) is 4.15. The summed E-state index contributed by atoms with van der Waals surface area (Å²) in [5, 5.41) is 3.69. The van der Waals surface area contributed by atoms with Crippen LogP contribution < -0.4 is 5.32 Å². The van der Waals surface area contributed by atoms with Crippen LogP contribution in [0, 0.1) is 12.8 Å². The van der Waals surface area contributed by atoms with Crippen LogP contribution in [-0.2, 0) is 6.54 Å². The zero-order chi connectivity index (χ0) is 14.5. The molecule has 112 valence electrons. The highest BCUT2D eigenvalue weighted by molar-refractivity contribution is 5.10. The minimum absolute atomic E-state index is 0.586. The van der Waals surface area contributed by atoms with E-state index in [2.05, 4.69) is 61.1 Å². The summed E-state index contributed by atoms with van der Waals surface area (Å²) < 4.78 is 0. The molecule has 1 atom stereocenters. The highest BCUT2D eigenvalue weighted by Gasteiger charge is 2.26. The highest BCUT2D eigenvalue weighted by Crippen LogP contribution is 2.20. The van der Waals surface area contributed by atoms with Gasteiger partial charge in [-0.2, -0.15) is 0 Å². The summed E-state index contributed by atoms with van der Waals surface area (Å²) in [7, 11) is 0. The number of hydrogen-bond donors (Lipinski definition) is 1. The fraction of sp³-hybridized carbons (Fsp3) is 0.706. The van der Waals surface area contributed by atoms with Gasteiger partial charge >= 0.3 is 0 Å². The Labute approximate surface area is 123 Å². The molecule has 0 amide bonds. The number of nitrogens with zero attached hydrogens (tertiary/aromatic N) is 2. The van der Waals surface area contributed by atoms with Gasteiger partial charge in [-0.1, -0.05) is 26.8 Å². The van der Waals surface area contributed by atoms with Crippen molar-refractivity contribution < 1.29 is 0 Å². The monoisotopic (exact) mass is 275 g/mol. The van der Waals surface area contributed by atoms with Crippen LogP contribution in [0.1, 0.15) is 45.0 Å². The lowest BCUT2D eigenvalue weighted by atomic mass is 10.0. The molecule has 3 heteroatoms. The smallest absolute Gasteiger partial charge is 0.0547 e. The van der Waals surface area contributed by atoms with Crippen molar-refractivity contribution in [1.82, 2.24) is 15.2 Å². The van der Waals surface area contributed by atoms with Gasteiger partial charge in [0.25, 0.3) is 0 Å². The number of rotatable bonds is 8. The van der Waals surface area contributed by atoms with Crippen molar-refractivity contribution in [1.29, 1.82) is 0 Å². The Balaban J connectivity index is 1.98. The molecule has 0 radical (unpaired) electrons. The van der Waals surface area contributed by atoms with Crippen molar-refractivity contribution in [3.63, 3.8) is 0 Å². The molecule has 1 saturated carbocycles. The fourth-order valence-corrected chi connectivity index (χ4v) is 2.72. The third kappa shape index (κ3) is 4.57. The van der Waals surface area contributed by atoms with Crippen molar-refractivity contribution in [3.8, 4) is 0 Å². The maximum absolute atomic E-state index is 4.65. The summed E-state index contributed by atoms with van der Waals surface area (Å²) in [6.45, 7) is 12.1. The van der Waals surface area contributed by atoms with Gasteiger partial charge in [0.15, 0.2) is 0 Å². The van der Waals surface area contributed by atoms with Crippen molar-refractivity contribution in [3.05, 3.63) is 29.6 Å². The Hall–Kier alpha value is -0.930. The van der Waals surface area contributed by atoms with Crippen LogP contribution in [-0.4, -0.2) is 35.1 Å². The lowest BCUT2D eigenvalue weighted by Crippen LogP contribution is -2.45. The molecule has 1 N–H and O–H groups in total. The van der Waals surface area contributed by atoms with Crippen molar-refractivity contribution in [2.75, 3.05) is 13.1 Å². The SMILES string of the molecule is CCN(Cc1cccc(C)n1)C(CNC1CC1)C(C)C. The van der Waals surface area contributed by atoms with Crippen molar-refractivity contribution >= 4 is 0 Å². The fourth-order valence-electron chi connectivity index (χ4n) is 2.72. The van der Waals surface area contributed by atoms with E-state index in [-0.39, 0.29) is 0 Å². The molecule has 1 heterocycles. The summed E-state index contributed by atoms with van der Waals surface area (Å²) in [5.74, 6) is 0.658. The number of aryl methyl sites for hydroxylation is 1. The quantitative estimate of drug-likeness (QED) is 0.790. The maximum atomic E-state index is 4.65. The highest BCUT2D eigenvalue weighted by atomic mass is 15.2. The van der Waals surface area contributed by atoms with E-state index >= 15 is 0 Å². The van der Waals surface area contributed by atoms with E-state index in [1.165, 1.54) is 18.5 Å². The van der Waals surface area contributed by atoms with Crippen LogP contribution in [0.2, 0.25) is 0 Å². The molecule has 1 unspecified atom stereocenters. The first-order chi connectivity index (χ1) is 9.60. The summed E-state index contributed by atoms with van der Waals surface area (Å²) >= 11 is 0. The number of nitrogens with one attached hydrogen (secondary N) is 1. The van der Waals surface area contributed by atoms with Crippen LogP contribution in [0.3, 0.4) is 0 Å². The Bertz CT molecular complexity index is 412. The molecule has 1 aliphatic carbocycles. The van der Waals surface area contributed by atoms with Gasteiger partial charge in [0.1, 0.15) is 0 Å². The average Bonchev–Trinajstić information content (AvgIpc) is 3.21. The van der Waals surface area contributed by atoms with Crippen LogP contribution in [0.25, 0.3) is 0 Å². The molecule has 1 fully saturated rings. The van der Waals surface area contributed by atoms with Gasteiger partial charge in [0.05, 0.1) is 5.69 Å². The lowest BCUT2D eigenvalue weighted by molar-refractivity contribution is 0.149. The normalized spacial score (nSPS) is 16.9. The Morgan fingerprint density at radius 3 is 2.65 bits per heavy atom. The first-order valence-electron chi connectivity index (χ1n) is 8.00. The molecule has 0 bridgehead atoms. The van der Waals surface area contributed by atoms with Crippen molar-refractivity contribution in [2.24, 2.45) is 5.92 Å². The van der Waals surface area contributed by atoms with E-state index in [0.717, 1.165) is 31.4 Å². The second-order valence-corrected chi connectivity index (χ2v) is 6.33. The van der Waals surface area contributed by atoms with Crippen LogP contribution in [0.5, 0.6) is 0 Å². The van der Waals surface area contributed by atoms with Gasteiger partial charge in [-0.3, -0.25) is 9.88 Å². The number of aromatic nitrogens is 1. The zero-order valence-electron chi connectivity index (χ0n) is 13.4. The minimum atomic E-state index is 0.586. The van der Waals surface area contributed by atoms with Crippen LogP contribution in [0.4, 0.5) is 0 Å². The maximum Gasteiger partial charge on any atom is 0.0547 e. The summed E-state index contributed by atoms with van der Waals surface area (Å²) in [4.78, 5) is 7.21. The zero-order valence-corrected chi connectivity index (χ0v) is 13.4. The van der Waals surface area contributed by atoms with Gasteiger partial charge in [0.2, 0.25) is 0 Å². The number of hydrogen-bond acceptors (Lipinski definition) is 3. The van der Waals surface area contributed by atoms with E-state index in [1.807, 2.05) is 0 Å². The number of likely N-dealkylation sites (N-methyl/N-ethyl adjacent to an activating group) is 1. The van der Waals surface area contributed by atoms with Crippen LogP contribution >= 0.6 is 0 Å². The third-order valence-corrected chi connectivity index (χ3v) is 4.15. The van der Waals surface area contributed by atoms with Crippen molar-refractivity contribution in [2.45, 2.75) is 59.2 Å². The predicted molar refractivity (Wildman–Crippen MR) is 84.7 cm³/mol. The topological polar surface area (TPSA) is 28.2 Å². The summed E-state index contributed by atoms with van der Waals surface area (Å²) in [6, 6.07) is 7.68. The van der Waals surface area contributed by atoms with Gasteiger partial charge in [-0.25, -0.2) is 0 Å². The van der Waals surface area contributed by atoms with Gasteiger partial charge in [-0.15, -0.1) is 0 Å². The van der Waals surface area contributed by atoms with Gasteiger partial charge in [-0.05, 0) is 44.4 Å². The van der Waals surface area contributed by atoms with Gasteiger partial charge < -0.3 is 5.32 Å². The van der Waals surface area contributed by atoms with Crippen LogP contribution in [0.15, 0.2) is 18.2 Å². The predicted octanol–water partition coefficient (Wildman–Crippen LogP) is 2.99. The Morgan fingerprint density at radius 1 is 1.35 bits per heavy atom. The molecule has 1 aliphatic rings. The lowest BCUT2D eigenvalue weighted by Gasteiger charge is -2.33. The first-order valence-corrected chi connectivity index (χ1v) is 8.00.